The van der Waals surface area contributed by atoms with E-state index in [2.05, 4.69) is 5.32 Å². The number of aliphatic hydroxyl groups excluding tert-OH is 3. The number of esters is 1. The van der Waals surface area contributed by atoms with Gasteiger partial charge in [0.25, 0.3) is 11.7 Å². The zero-order chi connectivity index (χ0) is 43.4. The Morgan fingerprint density at radius 2 is 1.64 bits per heavy atom. The van der Waals surface area contributed by atoms with Crippen LogP contribution in [-0.4, -0.2) is 111 Å². The fourth-order valence-corrected chi connectivity index (χ4v) is 8.69. The molecule has 0 unspecified atom stereocenters. The van der Waals surface area contributed by atoms with Gasteiger partial charge in [-0.25, -0.2) is 0 Å². The Kier molecular flexibility index (Phi) is 12.4. The number of benzene rings is 1. The van der Waals surface area contributed by atoms with Gasteiger partial charge in [0.15, 0.2) is 12.1 Å². The van der Waals surface area contributed by atoms with Crippen molar-refractivity contribution >= 4 is 34.9 Å². The van der Waals surface area contributed by atoms with Crippen LogP contribution in [0.15, 0.2) is 40.8 Å². The molecule has 0 spiro atoms. The molecule has 320 valence electrons. The van der Waals surface area contributed by atoms with E-state index in [0.717, 1.165) is 6.08 Å². The largest absolute Gasteiger partial charge is 0.507 e. The molecular formula is C43H54N2O14. The number of aliphatic hydroxyl groups is 3. The first-order chi connectivity index (χ1) is 27.7. The first-order valence-electron chi connectivity index (χ1n) is 20.0. The van der Waals surface area contributed by atoms with Crippen molar-refractivity contribution in [3.05, 3.63) is 58.0 Å². The van der Waals surface area contributed by atoms with Crippen molar-refractivity contribution < 1.29 is 68.1 Å². The maximum absolute atomic E-state index is 14.5. The molecule has 1 amide bonds. The number of fused-ring (bicyclic) bond motifs is 12. The number of ketones is 3. The van der Waals surface area contributed by atoms with Crippen LogP contribution in [0.3, 0.4) is 0 Å². The Morgan fingerprint density at radius 3 is 2.29 bits per heavy atom. The molecule has 2 aliphatic carbocycles. The molecule has 16 nitrogen and oxygen atoms in total. The summed E-state index contributed by atoms with van der Waals surface area (Å²) in [6, 6.07) is -0.576. The standard InChI is InChI=1S/C43H54N2O14/c1-17-14-29(47)24-15-25(24)36(50)19(3)35(49)20(4)39(58-23(7)46)18(2)30(55-9)12-13-56-43(8)41(53)34-32-27(44-26-10-11-31(48)57-22(26)6)16-28(45-42(17)54)38(52)33(32)37(51)21(5)40(34)59-43/h12-14,16,18-20,22,24-26,30-31,35-36,39,48-51H,10-11,15H2,1-9H3,(H,45,54)/b13-12+,17-14-,44-27?/t18-,19+,20-,22+,24-,25+,26-,30-,31+,35-,36-,39-,43+/m1/s1. The molecule has 4 heterocycles. The average molecular weight is 823 g/mol. The Balaban J connectivity index is 1.48. The van der Waals surface area contributed by atoms with Crippen LogP contribution in [-0.2, 0) is 33.3 Å². The van der Waals surface area contributed by atoms with E-state index < -0.39 is 113 Å². The molecule has 1 aromatic rings. The van der Waals surface area contributed by atoms with Crippen LogP contribution in [0, 0.1) is 36.5 Å². The first kappa shape index (κ1) is 43.8. The van der Waals surface area contributed by atoms with E-state index in [1.807, 2.05) is 0 Å². The third kappa shape index (κ3) is 8.25. The van der Waals surface area contributed by atoms with Crippen molar-refractivity contribution in [2.75, 3.05) is 7.11 Å². The molecule has 5 bridgehead atoms. The number of nitrogens with zero attached hydrogens (tertiary/aromatic N) is 1. The minimum Gasteiger partial charge on any atom is -0.507 e. The zero-order valence-electron chi connectivity index (χ0n) is 34.7. The van der Waals surface area contributed by atoms with Crippen LogP contribution in [0.1, 0.15) is 99.6 Å². The molecule has 0 aromatic heterocycles. The maximum Gasteiger partial charge on any atom is 0.312 e. The van der Waals surface area contributed by atoms with E-state index in [1.165, 1.54) is 53.2 Å². The fourth-order valence-electron chi connectivity index (χ4n) is 8.69. The van der Waals surface area contributed by atoms with Gasteiger partial charge in [-0.3, -0.25) is 29.0 Å². The second kappa shape index (κ2) is 16.7. The number of methoxy groups -OCH3 is 1. The van der Waals surface area contributed by atoms with Gasteiger partial charge < -0.3 is 49.4 Å². The number of phenols is 1. The van der Waals surface area contributed by atoms with Gasteiger partial charge >= 0.3 is 11.8 Å². The third-order valence-corrected chi connectivity index (χ3v) is 12.4. The minimum atomic E-state index is -2.03. The van der Waals surface area contributed by atoms with Crippen molar-refractivity contribution in [3.8, 4) is 11.5 Å². The van der Waals surface area contributed by atoms with Gasteiger partial charge in [0, 0.05) is 67.7 Å². The number of Topliss-reactive ketones (excluding diaryl/α,β-unsaturated/α-hetero) is 2. The highest BCUT2D eigenvalue weighted by Gasteiger charge is 2.52. The first-order valence-corrected chi connectivity index (χ1v) is 20.0. The van der Waals surface area contributed by atoms with Crippen LogP contribution in [0.2, 0.25) is 0 Å². The molecule has 2 fully saturated rings. The molecule has 1 saturated heterocycles. The van der Waals surface area contributed by atoms with E-state index in [-0.39, 0.29) is 51.4 Å². The molecule has 7 rings (SSSR count). The Morgan fingerprint density at radius 1 is 0.949 bits per heavy atom. The van der Waals surface area contributed by atoms with E-state index in [0.29, 0.717) is 12.8 Å². The summed E-state index contributed by atoms with van der Waals surface area (Å²) in [6.07, 6.45) is 0.385. The molecule has 1 aromatic carbocycles. The molecule has 1 saturated carbocycles. The van der Waals surface area contributed by atoms with E-state index >= 15 is 0 Å². The summed E-state index contributed by atoms with van der Waals surface area (Å²) >= 11 is 0. The predicted octanol–water partition coefficient (Wildman–Crippen LogP) is 3.14. The SMILES string of the molecule is CO[C@@H]1/C=C/O[C@@]2(C)Oc3c(C)c(O)c4c(c3C2=O)C(=N[C@@H]2CC[C@@H](O)O[C@H]2C)C=C(NC(=O)/C(C)=C\C(=O)[C@@H]2C[C@@H]2[C@H](O)[C@@H](C)[C@@H](O)[C@@H](C)[C@H](OC(C)=O)[C@@H]1C)C4=O. The van der Waals surface area contributed by atoms with Crippen molar-refractivity contribution in [1.82, 2.24) is 5.32 Å². The molecular weight excluding hydrogens is 768 g/mol. The van der Waals surface area contributed by atoms with Crippen molar-refractivity contribution in [2.24, 2.45) is 34.6 Å². The number of amides is 1. The Hall–Kier alpha value is -4.74. The number of hydrogen-bond acceptors (Lipinski definition) is 15. The molecule has 59 heavy (non-hydrogen) atoms. The molecule has 13 atom stereocenters. The summed E-state index contributed by atoms with van der Waals surface area (Å²) in [7, 11) is 1.42. The number of aliphatic imine (C=N–C) groups is 1. The summed E-state index contributed by atoms with van der Waals surface area (Å²) < 4.78 is 29.3. The lowest BCUT2D eigenvalue weighted by Gasteiger charge is -2.37. The second-order valence-corrected chi connectivity index (χ2v) is 16.6. The molecule has 6 aliphatic rings. The number of aromatic hydroxyl groups is 1. The summed E-state index contributed by atoms with van der Waals surface area (Å²) in [5.41, 5.74) is -0.683. The van der Waals surface area contributed by atoms with Gasteiger partial charge in [-0.15, -0.1) is 0 Å². The average Bonchev–Trinajstić information content (AvgIpc) is 3.94. The predicted molar refractivity (Wildman–Crippen MR) is 209 cm³/mol. The molecule has 16 heteroatoms. The van der Waals surface area contributed by atoms with Crippen LogP contribution >= 0.6 is 0 Å². The Labute approximate surface area is 342 Å². The van der Waals surface area contributed by atoms with Crippen molar-refractivity contribution in [2.45, 2.75) is 123 Å². The number of hydrogen-bond donors (Lipinski definition) is 5. The van der Waals surface area contributed by atoms with E-state index in [4.69, 9.17) is 28.7 Å². The lowest BCUT2D eigenvalue weighted by atomic mass is 9.79. The van der Waals surface area contributed by atoms with Crippen molar-refractivity contribution in [1.29, 1.82) is 0 Å². The lowest BCUT2D eigenvalue weighted by Crippen LogP contribution is -2.46. The number of rotatable bonds is 3. The summed E-state index contributed by atoms with van der Waals surface area (Å²) in [6.45, 7) is 12.2. The second-order valence-electron chi connectivity index (χ2n) is 16.6. The molecule has 4 aliphatic heterocycles. The summed E-state index contributed by atoms with van der Waals surface area (Å²) in [5.74, 6) is -9.25. The van der Waals surface area contributed by atoms with Gasteiger partial charge in [-0.05, 0) is 57.8 Å². The van der Waals surface area contributed by atoms with Gasteiger partial charge in [0.2, 0.25) is 5.78 Å². The zero-order valence-corrected chi connectivity index (χ0v) is 34.7. The molecule has 5 N–H and O–H groups in total. The van der Waals surface area contributed by atoms with Crippen LogP contribution < -0.4 is 10.1 Å². The number of phenolic OH excluding ortho intramolecular Hbond substituents is 1. The normalized spacial score (nSPS) is 38.6. The minimum absolute atomic E-state index is 0.0441. The highest BCUT2D eigenvalue weighted by atomic mass is 16.7. The number of allylic oxidation sites excluding steroid dienone is 3. The summed E-state index contributed by atoms with van der Waals surface area (Å²) in [5, 5.41) is 47.2. The highest BCUT2D eigenvalue weighted by molar-refractivity contribution is 6.32. The lowest BCUT2D eigenvalue weighted by molar-refractivity contribution is -0.162. The smallest absolute Gasteiger partial charge is 0.312 e. The number of carbonyl (C=O) groups excluding carboxylic acids is 5. The topological polar surface area (TPSA) is 237 Å². The molecule has 0 radical (unpaired) electrons. The summed E-state index contributed by atoms with van der Waals surface area (Å²) in [4.78, 5) is 73.1. The number of ether oxygens (including phenoxy) is 5. The van der Waals surface area contributed by atoms with E-state index in [1.54, 1.807) is 27.7 Å². The van der Waals surface area contributed by atoms with Crippen molar-refractivity contribution in [3.63, 3.8) is 0 Å². The quantitative estimate of drug-likeness (QED) is 0.276. The van der Waals surface area contributed by atoms with Crippen LogP contribution in [0.25, 0.3) is 0 Å². The van der Waals surface area contributed by atoms with E-state index in [9.17, 15) is 44.4 Å². The van der Waals surface area contributed by atoms with Gasteiger partial charge in [0.05, 0.1) is 59.3 Å². The van der Waals surface area contributed by atoms with Gasteiger partial charge in [-0.1, -0.05) is 20.8 Å². The fraction of sp³-hybridized carbons (Fsp3) is 0.581. The maximum atomic E-state index is 14.5. The van der Waals surface area contributed by atoms with Crippen LogP contribution in [0.5, 0.6) is 11.5 Å². The van der Waals surface area contributed by atoms with Gasteiger partial charge in [0.1, 0.15) is 17.6 Å². The monoisotopic (exact) mass is 822 g/mol. The van der Waals surface area contributed by atoms with Gasteiger partial charge in [-0.2, -0.15) is 0 Å². The third-order valence-electron chi connectivity index (χ3n) is 12.4. The number of nitrogens with one attached hydrogen (secondary N) is 1. The highest BCUT2D eigenvalue weighted by Crippen LogP contribution is 2.49. The van der Waals surface area contributed by atoms with Crippen LogP contribution in [0.4, 0.5) is 0 Å². The number of carbonyl (C=O) groups is 5. The Bertz CT molecular complexity index is 2050.